The zero-order valence-corrected chi connectivity index (χ0v) is 15.0. The number of hydrogen-bond donors (Lipinski definition) is 2. The van der Waals surface area contributed by atoms with Crippen molar-refractivity contribution in [3.63, 3.8) is 0 Å². The van der Waals surface area contributed by atoms with Gasteiger partial charge in [-0.25, -0.2) is 14.9 Å². The van der Waals surface area contributed by atoms with Crippen molar-refractivity contribution in [2.45, 2.75) is 45.1 Å². The second-order valence-electron chi connectivity index (χ2n) is 6.22. The third-order valence-corrected chi connectivity index (χ3v) is 4.70. The van der Waals surface area contributed by atoms with Crippen LogP contribution in [0.15, 0.2) is 35.4 Å². The molecular formula is C18H22ClN5O. The van der Waals surface area contributed by atoms with Crippen molar-refractivity contribution in [1.82, 2.24) is 20.5 Å². The number of hydrogen-bond acceptors (Lipinski definition) is 3. The van der Waals surface area contributed by atoms with Crippen LogP contribution in [-0.2, 0) is 0 Å². The molecule has 1 aromatic heterocycles. The molecule has 0 saturated heterocycles. The number of carbonyl (C=O) groups excluding carboxylic acids is 1. The lowest BCUT2D eigenvalue weighted by Crippen LogP contribution is -2.41. The molecule has 6 nitrogen and oxygen atoms in total. The first-order valence-corrected chi connectivity index (χ1v) is 8.93. The molecule has 1 aliphatic carbocycles. The Kier molecular flexibility index (Phi) is 5.71. The van der Waals surface area contributed by atoms with E-state index in [0.29, 0.717) is 10.7 Å². The Morgan fingerprint density at radius 1 is 1.28 bits per heavy atom. The minimum Gasteiger partial charge on any atom is -0.334 e. The van der Waals surface area contributed by atoms with E-state index in [1.54, 1.807) is 4.68 Å². The van der Waals surface area contributed by atoms with E-state index < -0.39 is 0 Å². The molecule has 132 valence electrons. The van der Waals surface area contributed by atoms with Crippen molar-refractivity contribution in [3.8, 4) is 5.69 Å². The van der Waals surface area contributed by atoms with Crippen molar-refractivity contribution >= 4 is 23.8 Å². The van der Waals surface area contributed by atoms with Crippen LogP contribution in [-0.4, -0.2) is 28.1 Å². The number of nitrogens with one attached hydrogen (secondary N) is 2. The molecule has 1 fully saturated rings. The van der Waals surface area contributed by atoms with Gasteiger partial charge in [0.2, 0.25) is 0 Å². The molecule has 0 atom stereocenters. The van der Waals surface area contributed by atoms with Crippen LogP contribution in [0.3, 0.4) is 0 Å². The lowest BCUT2D eigenvalue weighted by molar-refractivity contribution is 0.233. The first kappa shape index (κ1) is 17.5. The minimum absolute atomic E-state index is 0.245. The van der Waals surface area contributed by atoms with E-state index >= 15 is 0 Å². The van der Waals surface area contributed by atoms with Gasteiger partial charge in [-0.1, -0.05) is 49.1 Å². The van der Waals surface area contributed by atoms with Crippen molar-refractivity contribution in [2.24, 2.45) is 5.10 Å². The van der Waals surface area contributed by atoms with Crippen LogP contribution in [0.4, 0.5) is 4.79 Å². The van der Waals surface area contributed by atoms with Crippen LogP contribution < -0.4 is 10.7 Å². The Bertz CT molecular complexity index is 750. The molecule has 0 spiro atoms. The maximum absolute atomic E-state index is 11.9. The summed E-state index contributed by atoms with van der Waals surface area (Å²) in [5.74, 6) is 0. The molecule has 2 amide bonds. The number of carbonyl (C=O) groups is 1. The zero-order chi connectivity index (χ0) is 17.6. The zero-order valence-electron chi connectivity index (χ0n) is 14.2. The molecular weight excluding hydrogens is 338 g/mol. The van der Waals surface area contributed by atoms with Gasteiger partial charge in [0.05, 0.1) is 23.2 Å². The van der Waals surface area contributed by atoms with Crippen LogP contribution in [0, 0.1) is 6.92 Å². The van der Waals surface area contributed by atoms with Gasteiger partial charge >= 0.3 is 6.03 Å². The number of urea groups is 1. The number of para-hydroxylation sites is 1. The fourth-order valence-corrected chi connectivity index (χ4v) is 3.33. The summed E-state index contributed by atoms with van der Waals surface area (Å²) in [6, 6.07) is 9.69. The quantitative estimate of drug-likeness (QED) is 0.643. The summed E-state index contributed by atoms with van der Waals surface area (Å²) in [7, 11) is 0. The summed E-state index contributed by atoms with van der Waals surface area (Å²) >= 11 is 6.22. The van der Waals surface area contributed by atoms with Crippen LogP contribution in [0.5, 0.6) is 0 Å². The number of rotatable bonds is 4. The topological polar surface area (TPSA) is 71.3 Å². The predicted molar refractivity (Wildman–Crippen MR) is 99.4 cm³/mol. The van der Waals surface area contributed by atoms with Gasteiger partial charge in [0, 0.05) is 6.04 Å². The first-order chi connectivity index (χ1) is 12.1. The fourth-order valence-electron chi connectivity index (χ4n) is 3.07. The first-order valence-electron chi connectivity index (χ1n) is 8.55. The van der Waals surface area contributed by atoms with Crippen LogP contribution in [0.25, 0.3) is 5.69 Å². The van der Waals surface area contributed by atoms with Gasteiger partial charge in [0.1, 0.15) is 0 Å². The summed E-state index contributed by atoms with van der Waals surface area (Å²) < 4.78 is 1.76. The molecule has 1 saturated carbocycles. The van der Waals surface area contributed by atoms with Crippen molar-refractivity contribution in [2.75, 3.05) is 0 Å². The number of nitrogens with zero attached hydrogens (tertiary/aromatic N) is 3. The van der Waals surface area contributed by atoms with Gasteiger partial charge in [-0.3, -0.25) is 0 Å². The van der Waals surface area contributed by atoms with Crippen LogP contribution in [0.1, 0.15) is 43.4 Å². The molecule has 0 unspecified atom stereocenters. The van der Waals surface area contributed by atoms with Crippen molar-refractivity contribution < 1.29 is 4.79 Å². The van der Waals surface area contributed by atoms with E-state index in [2.05, 4.69) is 20.9 Å². The Balaban J connectivity index is 1.63. The Morgan fingerprint density at radius 2 is 2.00 bits per heavy atom. The molecule has 0 bridgehead atoms. The fraction of sp³-hybridized carbons (Fsp3) is 0.389. The largest absolute Gasteiger partial charge is 0.335 e. The minimum atomic E-state index is -0.285. The smallest absolute Gasteiger partial charge is 0.334 e. The molecule has 0 aliphatic heterocycles. The average molecular weight is 360 g/mol. The highest BCUT2D eigenvalue weighted by molar-refractivity contribution is 6.32. The van der Waals surface area contributed by atoms with E-state index in [1.165, 1.54) is 25.5 Å². The monoisotopic (exact) mass is 359 g/mol. The number of amides is 2. The van der Waals surface area contributed by atoms with E-state index in [1.807, 2.05) is 37.3 Å². The highest BCUT2D eigenvalue weighted by Gasteiger charge is 2.15. The summed E-state index contributed by atoms with van der Waals surface area (Å²) in [6.07, 6.45) is 7.19. The van der Waals surface area contributed by atoms with Gasteiger partial charge in [0.15, 0.2) is 5.15 Å². The molecule has 1 aliphatic rings. The van der Waals surface area contributed by atoms with Gasteiger partial charge in [-0.15, -0.1) is 0 Å². The van der Waals surface area contributed by atoms with Gasteiger partial charge in [0.25, 0.3) is 0 Å². The Labute approximate surface area is 152 Å². The summed E-state index contributed by atoms with van der Waals surface area (Å²) in [5, 5.41) is 11.6. The van der Waals surface area contributed by atoms with E-state index in [4.69, 9.17) is 11.6 Å². The Morgan fingerprint density at radius 3 is 2.72 bits per heavy atom. The number of hydrazone groups is 1. The van der Waals surface area contributed by atoms with Crippen LogP contribution >= 0.6 is 11.6 Å². The third-order valence-electron chi connectivity index (χ3n) is 4.42. The highest BCUT2D eigenvalue weighted by atomic mass is 35.5. The molecule has 7 heteroatoms. The van der Waals surface area contributed by atoms with Crippen molar-refractivity contribution in [1.29, 1.82) is 0 Å². The average Bonchev–Trinajstić information content (AvgIpc) is 2.91. The van der Waals surface area contributed by atoms with Gasteiger partial charge < -0.3 is 5.32 Å². The normalized spacial score (nSPS) is 15.4. The lowest BCUT2D eigenvalue weighted by atomic mass is 9.96. The van der Waals surface area contributed by atoms with E-state index in [-0.39, 0.29) is 12.1 Å². The molecule has 1 aromatic carbocycles. The molecule has 25 heavy (non-hydrogen) atoms. The van der Waals surface area contributed by atoms with Crippen LogP contribution in [0.2, 0.25) is 5.15 Å². The van der Waals surface area contributed by atoms with Crippen molar-refractivity contribution in [3.05, 3.63) is 46.7 Å². The van der Waals surface area contributed by atoms with Gasteiger partial charge in [-0.05, 0) is 31.9 Å². The molecule has 0 radical (unpaired) electrons. The third kappa shape index (κ3) is 4.39. The lowest BCUT2D eigenvalue weighted by Gasteiger charge is -2.22. The standard InChI is InChI=1S/C18H22ClN5O/c1-13-16(17(19)23-24(13)15-10-6-3-7-11-15)12-20-22-18(25)21-14-8-4-2-5-9-14/h3,6-7,10-12,14H,2,4-5,8-9H2,1H3,(H2,21,22,25). The summed E-state index contributed by atoms with van der Waals surface area (Å²) in [6.45, 7) is 1.91. The SMILES string of the molecule is Cc1c(C=NNC(=O)NC2CCCCC2)c(Cl)nn1-c1ccccc1. The molecule has 1 heterocycles. The number of benzene rings is 1. The molecule has 2 N–H and O–H groups in total. The second kappa shape index (κ2) is 8.16. The Hall–Kier alpha value is -2.34. The highest BCUT2D eigenvalue weighted by Crippen LogP contribution is 2.20. The molecule has 3 rings (SSSR count). The molecule has 2 aromatic rings. The number of halogens is 1. The summed E-state index contributed by atoms with van der Waals surface area (Å²) in [5.41, 5.74) is 4.97. The summed E-state index contributed by atoms with van der Waals surface area (Å²) in [4.78, 5) is 11.9. The maximum atomic E-state index is 11.9. The van der Waals surface area contributed by atoms with E-state index in [0.717, 1.165) is 24.2 Å². The van der Waals surface area contributed by atoms with Gasteiger partial charge in [-0.2, -0.15) is 10.2 Å². The predicted octanol–water partition coefficient (Wildman–Crippen LogP) is 3.80. The number of aromatic nitrogens is 2. The maximum Gasteiger partial charge on any atom is 0.335 e. The second-order valence-corrected chi connectivity index (χ2v) is 6.57. The van der Waals surface area contributed by atoms with E-state index in [9.17, 15) is 4.79 Å².